The predicted molar refractivity (Wildman–Crippen MR) is 89.3 cm³/mol. The number of imidazole rings is 1. The zero-order valence-electron chi connectivity index (χ0n) is 13.0. The Labute approximate surface area is 134 Å². The molecule has 0 aromatic carbocycles. The fourth-order valence-electron chi connectivity index (χ4n) is 2.06. The second-order valence-corrected chi connectivity index (χ2v) is 6.34. The second-order valence-electron chi connectivity index (χ2n) is 5.54. The second kappa shape index (κ2) is 7.02. The Morgan fingerprint density at radius 3 is 2.67 bits per heavy atom. The van der Waals surface area contributed by atoms with Crippen LogP contribution in [0.15, 0.2) is 16.9 Å². The third-order valence-corrected chi connectivity index (χ3v) is 3.92. The van der Waals surface area contributed by atoms with Crippen LogP contribution in [-0.2, 0) is 13.5 Å². The van der Waals surface area contributed by atoms with E-state index < -0.39 is 0 Å². The molecule has 0 radical (unpaired) electrons. The molecule has 0 bridgehead atoms. The SMILES string of the molecule is CCCNc1nc(-c2nccn2C)nc(CC(C)C)c1Br. The minimum absolute atomic E-state index is 0.532. The van der Waals surface area contributed by atoms with Gasteiger partial charge in [-0.1, -0.05) is 20.8 Å². The lowest BCUT2D eigenvalue weighted by Crippen LogP contribution is -2.10. The molecular formula is C15H22BrN5. The number of aryl methyl sites for hydroxylation is 1. The van der Waals surface area contributed by atoms with Crippen LogP contribution in [0, 0.1) is 5.92 Å². The largest absolute Gasteiger partial charge is 0.369 e. The van der Waals surface area contributed by atoms with E-state index in [0.717, 1.165) is 41.2 Å². The molecule has 1 N–H and O–H groups in total. The number of anilines is 1. The zero-order chi connectivity index (χ0) is 15.4. The normalized spacial score (nSPS) is 11.1. The van der Waals surface area contributed by atoms with Crippen molar-refractivity contribution in [3.63, 3.8) is 0 Å². The molecule has 0 unspecified atom stereocenters. The number of nitrogens with one attached hydrogen (secondary N) is 1. The minimum atomic E-state index is 0.532. The van der Waals surface area contributed by atoms with E-state index in [2.05, 4.69) is 52.0 Å². The number of nitrogens with zero attached hydrogens (tertiary/aromatic N) is 4. The average Bonchev–Trinajstić information content (AvgIpc) is 2.85. The van der Waals surface area contributed by atoms with E-state index in [1.54, 1.807) is 6.20 Å². The third-order valence-electron chi connectivity index (χ3n) is 3.09. The maximum atomic E-state index is 4.70. The summed E-state index contributed by atoms with van der Waals surface area (Å²) in [6.45, 7) is 7.40. The fraction of sp³-hybridized carbons (Fsp3) is 0.533. The van der Waals surface area contributed by atoms with Crippen LogP contribution in [0.3, 0.4) is 0 Å². The number of halogens is 1. The van der Waals surface area contributed by atoms with Crippen molar-refractivity contribution in [1.82, 2.24) is 19.5 Å². The van der Waals surface area contributed by atoms with E-state index in [0.29, 0.717) is 11.7 Å². The monoisotopic (exact) mass is 351 g/mol. The molecule has 0 saturated carbocycles. The molecule has 6 heteroatoms. The topological polar surface area (TPSA) is 55.6 Å². The molecule has 2 aromatic rings. The first-order chi connectivity index (χ1) is 10.0. The number of hydrogen-bond donors (Lipinski definition) is 1. The van der Waals surface area contributed by atoms with Crippen LogP contribution in [0.4, 0.5) is 5.82 Å². The summed E-state index contributed by atoms with van der Waals surface area (Å²) in [4.78, 5) is 13.7. The average molecular weight is 352 g/mol. The van der Waals surface area contributed by atoms with Crippen LogP contribution in [-0.4, -0.2) is 26.1 Å². The van der Waals surface area contributed by atoms with Gasteiger partial charge in [-0.2, -0.15) is 0 Å². The van der Waals surface area contributed by atoms with Crippen molar-refractivity contribution >= 4 is 21.7 Å². The molecule has 0 spiro atoms. The molecule has 0 aliphatic rings. The first-order valence-corrected chi connectivity index (χ1v) is 8.10. The highest BCUT2D eigenvalue weighted by Gasteiger charge is 2.16. The number of hydrogen-bond acceptors (Lipinski definition) is 4. The molecule has 2 aromatic heterocycles. The summed E-state index contributed by atoms with van der Waals surface area (Å²) in [5.41, 5.74) is 1.02. The van der Waals surface area contributed by atoms with Crippen molar-refractivity contribution in [3.8, 4) is 11.6 Å². The van der Waals surface area contributed by atoms with Gasteiger partial charge in [-0.15, -0.1) is 0 Å². The van der Waals surface area contributed by atoms with Crippen LogP contribution in [0.25, 0.3) is 11.6 Å². The molecule has 0 fully saturated rings. The van der Waals surface area contributed by atoms with Gasteiger partial charge >= 0.3 is 0 Å². The van der Waals surface area contributed by atoms with Gasteiger partial charge < -0.3 is 9.88 Å². The maximum absolute atomic E-state index is 4.70. The van der Waals surface area contributed by atoms with Crippen molar-refractivity contribution in [2.75, 3.05) is 11.9 Å². The van der Waals surface area contributed by atoms with Crippen molar-refractivity contribution in [2.45, 2.75) is 33.6 Å². The number of aromatic nitrogens is 4. The van der Waals surface area contributed by atoms with Gasteiger partial charge in [0.2, 0.25) is 0 Å². The van der Waals surface area contributed by atoms with Crippen molar-refractivity contribution < 1.29 is 0 Å². The maximum Gasteiger partial charge on any atom is 0.198 e. The van der Waals surface area contributed by atoms with Crippen molar-refractivity contribution in [3.05, 3.63) is 22.6 Å². The van der Waals surface area contributed by atoms with E-state index in [9.17, 15) is 0 Å². The Hall–Kier alpha value is -1.43. The van der Waals surface area contributed by atoms with Crippen molar-refractivity contribution in [2.24, 2.45) is 13.0 Å². The summed E-state index contributed by atoms with van der Waals surface area (Å²) in [7, 11) is 1.95. The van der Waals surface area contributed by atoms with Gasteiger partial charge in [-0.05, 0) is 34.7 Å². The lowest BCUT2D eigenvalue weighted by molar-refractivity contribution is 0.632. The molecule has 0 aliphatic carbocycles. The first-order valence-electron chi connectivity index (χ1n) is 7.30. The van der Waals surface area contributed by atoms with Crippen LogP contribution < -0.4 is 5.32 Å². The molecule has 0 amide bonds. The lowest BCUT2D eigenvalue weighted by atomic mass is 10.1. The molecule has 2 rings (SSSR count). The Morgan fingerprint density at radius 2 is 2.10 bits per heavy atom. The predicted octanol–water partition coefficient (Wildman–Crippen LogP) is 3.66. The quantitative estimate of drug-likeness (QED) is 0.862. The highest BCUT2D eigenvalue weighted by Crippen LogP contribution is 2.28. The fourth-order valence-corrected chi connectivity index (χ4v) is 2.54. The summed E-state index contributed by atoms with van der Waals surface area (Å²) in [6.07, 6.45) is 5.62. The van der Waals surface area contributed by atoms with Gasteiger partial charge in [0.25, 0.3) is 0 Å². The third kappa shape index (κ3) is 3.81. The van der Waals surface area contributed by atoms with Gasteiger partial charge in [0.1, 0.15) is 5.82 Å². The van der Waals surface area contributed by atoms with E-state index in [1.165, 1.54) is 0 Å². The van der Waals surface area contributed by atoms with E-state index in [4.69, 9.17) is 4.98 Å². The van der Waals surface area contributed by atoms with Crippen LogP contribution in [0.5, 0.6) is 0 Å². The lowest BCUT2D eigenvalue weighted by Gasteiger charge is -2.14. The summed E-state index contributed by atoms with van der Waals surface area (Å²) in [6, 6.07) is 0. The molecule has 114 valence electrons. The van der Waals surface area contributed by atoms with Crippen LogP contribution in [0.1, 0.15) is 32.9 Å². The highest BCUT2D eigenvalue weighted by atomic mass is 79.9. The van der Waals surface area contributed by atoms with Crippen molar-refractivity contribution in [1.29, 1.82) is 0 Å². The minimum Gasteiger partial charge on any atom is -0.369 e. The number of rotatable bonds is 6. The van der Waals surface area contributed by atoms with E-state index in [-0.39, 0.29) is 0 Å². The van der Waals surface area contributed by atoms with Gasteiger partial charge in [-0.25, -0.2) is 15.0 Å². The standard InChI is InChI=1S/C15H22BrN5/c1-5-6-17-13-12(16)11(9-10(2)3)19-14(20-13)15-18-7-8-21(15)4/h7-8,10H,5-6,9H2,1-4H3,(H,17,19,20). The zero-order valence-corrected chi connectivity index (χ0v) is 14.6. The molecule has 2 heterocycles. The molecule has 0 aliphatic heterocycles. The summed E-state index contributed by atoms with van der Waals surface area (Å²) < 4.78 is 2.90. The molecule has 21 heavy (non-hydrogen) atoms. The van der Waals surface area contributed by atoms with E-state index in [1.807, 2.05) is 17.8 Å². The summed E-state index contributed by atoms with van der Waals surface area (Å²) in [5, 5.41) is 3.36. The van der Waals surface area contributed by atoms with Gasteiger partial charge in [-0.3, -0.25) is 0 Å². The Kier molecular flexibility index (Phi) is 5.33. The first kappa shape index (κ1) is 15.9. The van der Waals surface area contributed by atoms with Gasteiger partial charge in [0.05, 0.1) is 10.2 Å². The van der Waals surface area contributed by atoms with Gasteiger partial charge in [0.15, 0.2) is 11.6 Å². The van der Waals surface area contributed by atoms with Gasteiger partial charge in [0, 0.05) is 26.0 Å². The molecule has 0 saturated heterocycles. The Balaban J connectivity index is 2.47. The molecule has 0 atom stereocenters. The Bertz CT molecular complexity index is 606. The highest BCUT2D eigenvalue weighted by molar-refractivity contribution is 9.10. The smallest absolute Gasteiger partial charge is 0.198 e. The summed E-state index contributed by atoms with van der Waals surface area (Å²) in [5.74, 6) is 2.83. The van der Waals surface area contributed by atoms with Crippen LogP contribution in [0.2, 0.25) is 0 Å². The summed E-state index contributed by atoms with van der Waals surface area (Å²) >= 11 is 3.64. The van der Waals surface area contributed by atoms with E-state index >= 15 is 0 Å². The van der Waals surface area contributed by atoms with Crippen LogP contribution >= 0.6 is 15.9 Å². The Morgan fingerprint density at radius 1 is 1.33 bits per heavy atom. The molecular weight excluding hydrogens is 330 g/mol. The molecule has 5 nitrogen and oxygen atoms in total.